The zero-order chi connectivity index (χ0) is 39.9. The first kappa shape index (κ1) is 39.7. The molecule has 2 heterocycles. The maximum absolute atomic E-state index is 11.8. The van der Waals surface area contributed by atoms with Crippen molar-refractivity contribution in [2.24, 2.45) is 0 Å². The maximum Gasteiger partial charge on any atom is 0.303 e. The van der Waals surface area contributed by atoms with Crippen molar-refractivity contribution in [3.8, 4) is 17.9 Å². The van der Waals surface area contributed by atoms with Gasteiger partial charge in [-0.2, -0.15) is 15.1 Å². The van der Waals surface area contributed by atoms with Gasteiger partial charge < -0.3 is 19.5 Å². The van der Waals surface area contributed by atoms with E-state index < -0.39 is 21.7 Å². The highest BCUT2D eigenvalue weighted by molar-refractivity contribution is 6.11. The highest BCUT2D eigenvalue weighted by Gasteiger charge is 2.52. The van der Waals surface area contributed by atoms with Gasteiger partial charge in [0.2, 0.25) is 11.4 Å². The van der Waals surface area contributed by atoms with Gasteiger partial charge in [0.1, 0.15) is 23.5 Å². The molecule has 3 aromatic rings. The lowest BCUT2D eigenvalue weighted by molar-refractivity contribution is -0.439. The minimum Gasteiger partial charge on any atom is -0.497 e. The number of carboxylic acid groups (broad SMARTS) is 1. The van der Waals surface area contributed by atoms with E-state index in [0.29, 0.717) is 61.5 Å². The van der Waals surface area contributed by atoms with Gasteiger partial charge in [0.05, 0.1) is 29.6 Å². The van der Waals surface area contributed by atoms with Gasteiger partial charge in [0, 0.05) is 59.9 Å². The Balaban J connectivity index is 1.81. The number of hydrogen-bond donors (Lipinski definition) is 1. The number of hydrogen-bond acceptors (Lipinski definition) is 9. The summed E-state index contributed by atoms with van der Waals surface area (Å²) in [5, 5.41) is 43.5. The quantitative estimate of drug-likeness (QED) is 0.0278. The number of fused-ring (bicyclic) bond motifs is 2. The summed E-state index contributed by atoms with van der Waals surface area (Å²) < 4.78 is 12.6. The molecule has 12 heteroatoms. The number of nitro groups is 1. The first-order valence-corrected chi connectivity index (χ1v) is 18.0. The number of aryl methyl sites for hydroxylation is 1. The minimum absolute atomic E-state index is 0.0617. The number of methoxy groups -OCH3 is 1. The summed E-state index contributed by atoms with van der Waals surface area (Å²) in [5.41, 5.74) is 4.78. The average molecular weight is 743 g/mol. The molecule has 0 saturated carbocycles. The van der Waals surface area contributed by atoms with Crippen molar-refractivity contribution in [1.82, 2.24) is 0 Å². The molecule has 0 aromatic heterocycles. The number of non-ortho nitro benzene ring substituents is 1. The lowest BCUT2D eigenvalue weighted by atomic mass is 9.71. The van der Waals surface area contributed by atoms with Crippen LogP contribution < -0.4 is 9.64 Å². The predicted octanol–water partition coefficient (Wildman–Crippen LogP) is 7.52. The molecular weight excluding hydrogens is 699 g/mol. The third-order valence-corrected chi connectivity index (χ3v) is 10.5. The normalized spacial score (nSPS) is 19.5. The first-order chi connectivity index (χ1) is 26.4. The Bertz CT molecular complexity index is 2230. The van der Waals surface area contributed by atoms with Gasteiger partial charge in [0.15, 0.2) is 6.54 Å². The predicted molar refractivity (Wildman–Crippen MR) is 207 cm³/mol. The van der Waals surface area contributed by atoms with Gasteiger partial charge in [0.25, 0.3) is 12.2 Å². The van der Waals surface area contributed by atoms with Crippen LogP contribution in [0.5, 0.6) is 5.75 Å². The molecule has 12 nitrogen and oxygen atoms in total. The largest absolute Gasteiger partial charge is 0.497 e. The minimum atomic E-state index is -0.953. The molecular formula is C43H44N5O7+. The van der Waals surface area contributed by atoms with E-state index in [-0.39, 0.29) is 36.3 Å². The summed E-state index contributed by atoms with van der Waals surface area (Å²) >= 11 is 0. The first-order valence-electron chi connectivity index (χ1n) is 18.0. The number of allylic oxidation sites excluding steroid dienone is 5. The van der Waals surface area contributed by atoms with Crippen molar-refractivity contribution >= 4 is 35.2 Å². The van der Waals surface area contributed by atoms with Crippen molar-refractivity contribution < 1.29 is 33.7 Å². The molecule has 282 valence electrons. The fourth-order valence-electron chi connectivity index (χ4n) is 8.03. The number of carboxylic acids is 1. The summed E-state index contributed by atoms with van der Waals surface area (Å²) in [6, 6.07) is 22.8. The Labute approximate surface area is 320 Å². The van der Waals surface area contributed by atoms with Gasteiger partial charge in [-0.05, 0) is 81.5 Å². The molecule has 0 aliphatic carbocycles. The van der Waals surface area contributed by atoms with Crippen molar-refractivity contribution in [1.29, 1.82) is 10.5 Å². The number of aliphatic carboxylic acids is 1. The Kier molecular flexibility index (Phi) is 12.0. The fraction of sp³-hybridized carbons (Fsp3) is 0.326. The smallest absolute Gasteiger partial charge is 0.303 e. The monoisotopic (exact) mass is 742 g/mol. The standard InChI is InChI=1S/C43H43N5O7/c1-6-17-42(3)36-24-33(54-5)14-16-37(36)46(18-8-12-40(50)51)39(42)23-31(26-44)34(27-45)41-43(4,25-30-10-7-11-32(22-30)48(52)53)35-21-29(2)13-15-38(35)47(41)19-9-20-55-28-49/h6-7,10-11,13-16,21-24,28H,1,8-9,12,17-20,25H2,2-5H3/p+1. The molecule has 5 rings (SSSR count). The maximum atomic E-state index is 11.8. The SMILES string of the molecule is C=CCC1(C)/C(=C/C(C#N)=C(\C#N)C2=[N+](CCCOC=O)c3ccc(C)cc3C2(C)Cc2cccc([N+](=O)[O-])c2)N(CCCC(=O)O)c2ccc(OC)cc21. The Morgan fingerprint density at radius 2 is 1.85 bits per heavy atom. The summed E-state index contributed by atoms with van der Waals surface area (Å²) in [6.45, 7) is 11.2. The molecule has 55 heavy (non-hydrogen) atoms. The molecule has 0 saturated heterocycles. The molecule has 2 aliphatic heterocycles. The van der Waals surface area contributed by atoms with E-state index in [0.717, 1.165) is 28.1 Å². The summed E-state index contributed by atoms with van der Waals surface area (Å²) in [6.07, 6.45) is 4.93. The van der Waals surface area contributed by atoms with Crippen LogP contribution in [0.25, 0.3) is 0 Å². The number of ether oxygens (including phenoxy) is 2. The van der Waals surface area contributed by atoms with Gasteiger partial charge in [-0.3, -0.25) is 19.7 Å². The number of benzene rings is 3. The van der Waals surface area contributed by atoms with Crippen LogP contribution in [-0.2, 0) is 31.6 Å². The second-order valence-corrected chi connectivity index (χ2v) is 14.2. The molecule has 2 unspecified atom stereocenters. The van der Waals surface area contributed by atoms with Crippen LogP contribution in [0.3, 0.4) is 0 Å². The molecule has 0 fully saturated rings. The highest BCUT2D eigenvalue weighted by atomic mass is 16.6. The van der Waals surface area contributed by atoms with E-state index in [2.05, 4.69) is 18.7 Å². The van der Waals surface area contributed by atoms with Crippen LogP contribution in [-0.4, -0.2) is 59.6 Å². The van der Waals surface area contributed by atoms with Gasteiger partial charge in [-0.25, -0.2) is 0 Å². The molecule has 0 spiro atoms. The van der Waals surface area contributed by atoms with Crippen LogP contribution in [0, 0.1) is 39.7 Å². The van der Waals surface area contributed by atoms with Crippen LogP contribution in [0.1, 0.15) is 61.8 Å². The number of nitriles is 2. The van der Waals surface area contributed by atoms with Gasteiger partial charge in [-0.15, -0.1) is 6.58 Å². The van der Waals surface area contributed by atoms with Crippen molar-refractivity contribution in [2.75, 3.05) is 31.7 Å². The third-order valence-electron chi connectivity index (χ3n) is 10.5. The Morgan fingerprint density at radius 3 is 2.51 bits per heavy atom. The van der Waals surface area contributed by atoms with E-state index in [9.17, 15) is 35.3 Å². The molecule has 2 aliphatic rings. The molecule has 0 amide bonds. The van der Waals surface area contributed by atoms with E-state index in [1.807, 2.05) is 72.7 Å². The number of anilines is 1. The van der Waals surface area contributed by atoms with Crippen LogP contribution in [0.4, 0.5) is 17.1 Å². The third kappa shape index (κ3) is 7.76. The van der Waals surface area contributed by atoms with Crippen molar-refractivity contribution in [2.45, 2.75) is 63.7 Å². The zero-order valence-corrected chi connectivity index (χ0v) is 31.5. The Morgan fingerprint density at radius 1 is 1.07 bits per heavy atom. The van der Waals surface area contributed by atoms with Crippen LogP contribution in [0.2, 0.25) is 0 Å². The number of carbonyl (C=O) groups excluding carboxylic acids is 1. The summed E-state index contributed by atoms with van der Waals surface area (Å²) in [7, 11) is 1.58. The topological polar surface area (TPSA) is 170 Å². The molecule has 0 bridgehead atoms. The zero-order valence-electron chi connectivity index (χ0n) is 31.5. The van der Waals surface area contributed by atoms with E-state index in [1.54, 1.807) is 25.3 Å². The fourth-order valence-corrected chi connectivity index (χ4v) is 8.03. The molecule has 3 aromatic carbocycles. The molecule has 0 radical (unpaired) electrons. The van der Waals surface area contributed by atoms with E-state index in [4.69, 9.17) is 9.47 Å². The second-order valence-electron chi connectivity index (χ2n) is 14.2. The molecule has 2 atom stereocenters. The van der Waals surface area contributed by atoms with Gasteiger partial charge in [-0.1, -0.05) is 29.8 Å². The number of carbonyl (C=O) groups is 2. The Hall–Kier alpha value is -6.53. The lowest BCUT2D eigenvalue weighted by Crippen LogP contribution is -2.37. The average Bonchev–Trinajstić information content (AvgIpc) is 3.52. The van der Waals surface area contributed by atoms with Crippen molar-refractivity contribution in [3.05, 3.63) is 129 Å². The van der Waals surface area contributed by atoms with Crippen LogP contribution >= 0.6 is 0 Å². The summed E-state index contributed by atoms with van der Waals surface area (Å²) in [5.74, 6) is -0.290. The number of nitro benzene ring substituents is 1. The van der Waals surface area contributed by atoms with Gasteiger partial charge >= 0.3 is 5.97 Å². The summed E-state index contributed by atoms with van der Waals surface area (Å²) in [4.78, 5) is 36.0. The van der Waals surface area contributed by atoms with E-state index >= 15 is 0 Å². The molecule has 1 N–H and O–H groups in total. The van der Waals surface area contributed by atoms with Crippen LogP contribution in [0.15, 0.2) is 96.2 Å². The second kappa shape index (κ2) is 16.6. The van der Waals surface area contributed by atoms with E-state index in [1.165, 1.54) is 12.1 Å². The number of nitrogens with zero attached hydrogens (tertiary/aromatic N) is 5. The number of rotatable bonds is 17. The van der Waals surface area contributed by atoms with Crippen molar-refractivity contribution in [3.63, 3.8) is 0 Å². The highest BCUT2D eigenvalue weighted by Crippen LogP contribution is 2.52. The lowest BCUT2D eigenvalue weighted by Gasteiger charge is -2.30.